The standard InChI is InChI=1S/C13H16ClN3S/c1-9(10-3-5-11(14)6-4-10)17(2)13-16-12(7-15)8-18-13/h3-6,8-9H,7,15H2,1-2H3. The lowest BCUT2D eigenvalue weighted by Gasteiger charge is -2.24. The summed E-state index contributed by atoms with van der Waals surface area (Å²) in [6.45, 7) is 2.63. The van der Waals surface area contributed by atoms with Crippen LogP contribution in [0.2, 0.25) is 5.02 Å². The van der Waals surface area contributed by atoms with E-state index < -0.39 is 0 Å². The quantitative estimate of drug-likeness (QED) is 0.933. The Morgan fingerprint density at radius 1 is 1.39 bits per heavy atom. The number of rotatable bonds is 4. The molecule has 0 aliphatic carbocycles. The lowest BCUT2D eigenvalue weighted by atomic mass is 10.1. The summed E-state index contributed by atoms with van der Waals surface area (Å²) in [5.74, 6) is 0. The largest absolute Gasteiger partial charge is 0.344 e. The highest BCUT2D eigenvalue weighted by Gasteiger charge is 2.15. The number of hydrogen-bond acceptors (Lipinski definition) is 4. The molecule has 3 nitrogen and oxygen atoms in total. The van der Waals surface area contributed by atoms with Crippen LogP contribution < -0.4 is 10.6 Å². The van der Waals surface area contributed by atoms with Crippen LogP contribution in [0.4, 0.5) is 5.13 Å². The highest BCUT2D eigenvalue weighted by Crippen LogP contribution is 2.28. The minimum atomic E-state index is 0.249. The van der Waals surface area contributed by atoms with Gasteiger partial charge in [0.1, 0.15) is 0 Å². The lowest BCUT2D eigenvalue weighted by Crippen LogP contribution is -2.21. The number of halogens is 1. The molecule has 0 amide bonds. The van der Waals surface area contributed by atoms with E-state index in [1.807, 2.05) is 36.7 Å². The summed E-state index contributed by atoms with van der Waals surface area (Å²) in [7, 11) is 2.04. The molecule has 1 unspecified atom stereocenters. The van der Waals surface area contributed by atoms with Crippen LogP contribution in [0.25, 0.3) is 0 Å². The third kappa shape index (κ3) is 2.83. The van der Waals surface area contributed by atoms with Crippen molar-refractivity contribution in [3.8, 4) is 0 Å². The van der Waals surface area contributed by atoms with Gasteiger partial charge < -0.3 is 10.6 Å². The van der Waals surface area contributed by atoms with E-state index in [2.05, 4.69) is 16.8 Å². The van der Waals surface area contributed by atoms with E-state index >= 15 is 0 Å². The molecule has 0 fully saturated rings. The van der Waals surface area contributed by atoms with Crippen LogP contribution >= 0.6 is 22.9 Å². The first kappa shape index (κ1) is 13.3. The Labute approximate surface area is 116 Å². The molecular formula is C13H16ClN3S. The second-order valence-electron chi connectivity index (χ2n) is 4.16. The number of thiazole rings is 1. The number of nitrogens with zero attached hydrogens (tertiary/aromatic N) is 2. The molecule has 1 aromatic carbocycles. The maximum atomic E-state index is 5.90. The zero-order valence-corrected chi connectivity index (χ0v) is 12.0. The van der Waals surface area contributed by atoms with Gasteiger partial charge in [0.25, 0.3) is 0 Å². The molecule has 1 atom stereocenters. The second kappa shape index (κ2) is 5.69. The van der Waals surface area contributed by atoms with Crippen molar-refractivity contribution in [1.29, 1.82) is 0 Å². The Morgan fingerprint density at radius 3 is 2.61 bits per heavy atom. The maximum Gasteiger partial charge on any atom is 0.185 e. The van der Waals surface area contributed by atoms with E-state index in [1.54, 1.807) is 11.3 Å². The van der Waals surface area contributed by atoms with E-state index in [0.29, 0.717) is 6.54 Å². The predicted octanol–water partition coefficient (Wildman–Crippen LogP) is 3.45. The Morgan fingerprint density at radius 2 is 2.06 bits per heavy atom. The van der Waals surface area contributed by atoms with Crippen molar-refractivity contribution in [1.82, 2.24) is 4.98 Å². The molecule has 0 saturated heterocycles. The van der Waals surface area contributed by atoms with Gasteiger partial charge >= 0.3 is 0 Å². The number of aromatic nitrogens is 1. The van der Waals surface area contributed by atoms with Gasteiger partial charge in [0.2, 0.25) is 0 Å². The van der Waals surface area contributed by atoms with E-state index in [1.165, 1.54) is 5.56 Å². The fourth-order valence-electron chi connectivity index (χ4n) is 1.68. The van der Waals surface area contributed by atoms with Crippen LogP contribution in [0, 0.1) is 0 Å². The Hall–Kier alpha value is -1.10. The third-order valence-electron chi connectivity index (χ3n) is 2.98. The molecule has 0 aliphatic rings. The van der Waals surface area contributed by atoms with Gasteiger partial charge in [0.05, 0.1) is 11.7 Å². The van der Waals surface area contributed by atoms with Crippen molar-refractivity contribution in [2.24, 2.45) is 5.73 Å². The zero-order chi connectivity index (χ0) is 13.1. The van der Waals surface area contributed by atoms with Crippen LogP contribution in [0.1, 0.15) is 24.2 Å². The molecular weight excluding hydrogens is 266 g/mol. The SMILES string of the molecule is CC(c1ccc(Cl)cc1)N(C)c1nc(CN)cs1. The molecule has 18 heavy (non-hydrogen) atoms. The minimum absolute atomic E-state index is 0.249. The van der Waals surface area contributed by atoms with Crippen molar-refractivity contribution in [2.45, 2.75) is 19.5 Å². The average molecular weight is 282 g/mol. The number of anilines is 1. The first-order valence-electron chi connectivity index (χ1n) is 5.74. The fraction of sp³-hybridized carbons (Fsp3) is 0.308. The first-order chi connectivity index (χ1) is 8.61. The molecule has 1 heterocycles. The van der Waals surface area contributed by atoms with E-state index in [-0.39, 0.29) is 6.04 Å². The van der Waals surface area contributed by atoms with Crippen molar-refractivity contribution < 1.29 is 0 Å². The van der Waals surface area contributed by atoms with Crippen LogP contribution in [-0.2, 0) is 6.54 Å². The number of nitrogens with two attached hydrogens (primary N) is 1. The molecule has 1 aromatic heterocycles. The number of benzene rings is 1. The summed E-state index contributed by atoms with van der Waals surface area (Å²) in [5.41, 5.74) is 7.73. The second-order valence-corrected chi connectivity index (χ2v) is 5.44. The van der Waals surface area contributed by atoms with E-state index in [0.717, 1.165) is 15.8 Å². The lowest BCUT2D eigenvalue weighted by molar-refractivity contribution is 0.734. The van der Waals surface area contributed by atoms with E-state index in [9.17, 15) is 0 Å². The highest BCUT2D eigenvalue weighted by molar-refractivity contribution is 7.13. The van der Waals surface area contributed by atoms with Crippen molar-refractivity contribution >= 4 is 28.1 Å². The van der Waals surface area contributed by atoms with Gasteiger partial charge in [0.15, 0.2) is 5.13 Å². The van der Waals surface area contributed by atoms with Gasteiger partial charge in [-0.05, 0) is 24.6 Å². The third-order valence-corrected chi connectivity index (χ3v) is 4.22. The number of hydrogen-bond donors (Lipinski definition) is 1. The van der Waals surface area contributed by atoms with E-state index in [4.69, 9.17) is 17.3 Å². The van der Waals surface area contributed by atoms with Crippen LogP contribution in [-0.4, -0.2) is 12.0 Å². The summed E-state index contributed by atoms with van der Waals surface area (Å²) in [6.07, 6.45) is 0. The maximum absolute atomic E-state index is 5.90. The van der Waals surface area contributed by atoms with Gasteiger partial charge in [-0.1, -0.05) is 23.7 Å². The minimum Gasteiger partial charge on any atom is -0.344 e. The van der Waals surface area contributed by atoms with Crippen molar-refractivity contribution in [3.63, 3.8) is 0 Å². The van der Waals surface area contributed by atoms with Gasteiger partial charge in [-0.15, -0.1) is 11.3 Å². The Bertz CT molecular complexity index is 509. The molecule has 2 aromatic rings. The molecule has 0 saturated carbocycles. The Balaban J connectivity index is 2.17. The molecule has 96 valence electrons. The fourth-order valence-corrected chi connectivity index (χ4v) is 2.69. The van der Waals surface area contributed by atoms with Gasteiger partial charge in [0, 0.05) is 24.0 Å². The zero-order valence-electron chi connectivity index (χ0n) is 10.4. The first-order valence-corrected chi connectivity index (χ1v) is 7.00. The molecule has 0 bridgehead atoms. The monoisotopic (exact) mass is 281 g/mol. The van der Waals surface area contributed by atoms with Crippen molar-refractivity contribution in [2.75, 3.05) is 11.9 Å². The molecule has 2 N–H and O–H groups in total. The Kier molecular flexibility index (Phi) is 4.22. The molecule has 5 heteroatoms. The predicted molar refractivity (Wildman–Crippen MR) is 78.3 cm³/mol. The summed E-state index contributed by atoms with van der Waals surface area (Å²) in [6, 6.07) is 8.16. The molecule has 0 aliphatic heterocycles. The topological polar surface area (TPSA) is 42.2 Å². The normalized spacial score (nSPS) is 12.4. The molecule has 2 rings (SSSR count). The van der Waals surface area contributed by atoms with Crippen LogP contribution in [0.15, 0.2) is 29.6 Å². The van der Waals surface area contributed by atoms with Crippen molar-refractivity contribution in [3.05, 3.63) is 45.9 Å². The van der Waals surface area contributed by atoms with Crippen LogP contribution in [0.3, 0.4) is 0 Å². The molecule has 0 spiro atoms. The van der Waals surface area contributed by atoms with Crippen LogP contribution in [0.5, 0.6) is 0 Å². The van der Waals surface area contributed by atoms with Gasteiger partial charge in [-0.3, -0.25) is 0 Å². The summed E-state index contributed by atoms with van der Waals surface area (Å²) in [4.78, 5) is 6.63. The van der Waals surface area contributed by atoms with Gasteiger partial charge in [-0.25, -0.2) is 4.98 Å². The average Bonchev–Trinajstić information content (AvgIpc) is 2.86. The summed E-state index contributed by atoms with van der Waals surface area (Å²) >= 11 is 7.51. The smallest absolute Gasteiger partial charge is 0.185 e. The summed E-state index contributed by atoms with van der Waals surface area (Å²) < 4.78 is 0. The highest BCUT2D eigenvalue weighted by atomic mass is 35.5. The van der Waals surface area contributed by atoms with Gasteiger partial charge in [-0.2, -0.15) is 0 Å². The summed E-state index contributed by atoms with van der Waals surface area (Å²) in [5, 5.41) is 3.74. The molecule has 0 radical (unpaired) electrons.